The van der Waals surface area contributed by atoms with Crippen molar-refractivity contribution in [3.63, 3.8) is 0 Å². The molecule has 1 saturated carbocycles. The Kier molecular flexibility index (Phi) is 3.52. The molecule has 4 heteroatoms. The third kappa shape index (κ3) is 1.91. The maximum absolute atomic E-state index is 11.8. The first-order valence-electron chi connectivity index (χ1n) is 6.55. The van der Waals surface area contributed by atoms with Crippen molar-refractivity contribution in [1.29, 1.82) is 0 Å². The van der Waals surface area contributed by atoms with E-state index in [9.17, 15) is 15.0 Å². The second-order valence-electron chi connectivity index (χ2n) is 5.51. The van der Waals surface area contributed by atoms with Gasteiger partial charge in [0.2, 0.25) is 0 Å². The summed E-state index contributed by atoms with van der Waals surface area (Å²) >= 11 is 6.30. The molecule has 0 spiro atoms. The number of carboxylic acid groups (broad SMARTS) is 1. The zero-order valence-electron chi connectivity index (χ0n) is 11.5. The van der Waals surface area contributed by atoms with Crippen molar-refractivity contribution in [3.8, 4) is 5.75 Å². The minimum Gasteiger partial charge on any atom is -0.507 e. The van der Waals surface area contributed by atoms with Gasteiger partial charge in [-0.25, -0.2) is 0 Å². The highest BCUT2D eigenvalue weighted by atomic mass is 35.5. The molecule has 0 amide bonds. The number of carbonyl (C=O) groups is 1. The zero-order chi connectivity index (χ0) is 14.4. The van der Waals surface area contributed by atoms with Crippen molar-refractivity contribution in [2.45, 2.75) is 51.9 Å². The second-order valence-corrected chi connectivity index (χ2v) is 5.88. The number of hydrogen-bond acceptors (Lipinski definition) is 2. The maximum atomic E-state index is 11.8. The van der Waals surface area contributed by atoms with Crippen molar-refractivity contribution >= 4 is 17.6 Å². The van der Waals surface area contributed by atoms with Crippen LogP contribution in [0.4, 0.5) is 0 Å². The smallest absolute Gasteiger partial charge is 0.314 e. The van der Waals surface area contributed by atoms with Crippen LogP contribution in [0.3, 0.4) is 0 Å². The predicted molar refractivity (Wildman–Crippen MR) is 75.1 cm³/mol. The van der Waals surface area contributed by atoms with E-state index in [1.54, 1.807) is 13.8 Å². The van der Waals surface area contributed by atoms with E-state index in [2.05, 4.69) is 0 Å². The first-order chi connectivity index (χ1) is 8.83. The van der Waals surface area contributed by atoms with Gasteiger partial charge in [0.05, 0.1) is 5.41 Å². The van der Waals surface area contributed by atoms with Gasteiger partial charge in [-0.1, -0.05) is 24.4 Å². The molecular weight excluding hydrogens is 264 g/mol. The molecule has 104 valence electrons. The first kappa shape index (κ1) is 14.2. The molecule has 0 radical (unpaired) electrons. The lowest BCUT2D eigenvalue weighted by Gasteiger charge is -2.29. The molecule has 1 aliphatic carbocycles. The van der Waals surface area contributed by atoms with Crippen LogP contribution >= 0.6 is 11.6 Å². The molecule has 0 unspecified atom stereocenters. The molecule has 0 atom stereocenters. The quantitative estimate of drug-likeness (QED) is 0.866. The van der Waals surface area contributed by atoms with Gasteiger partial charge in [0.25, 0.3) is 0 Å². The summed E-state index contributed by atoms with van der Waals surface area (Å²) in [6.07, 6.45) is 2.87. The van der Waals surface area contributed by atoms with Gasteiger partial charge in [0.15, 0.2) is 0 Å². The van der Waals surface area contributed by atoms with Crippen LogP contribution in [-0.4, -0.2) is 16.2 Å². The Morgan fingerprint density at radius 2 is 1.63 bits per heavy atom. The number of hydrogen-bond donors (Lipinski definition) is 2. The number of carboxylic acids is 1. The van der Waals surface area contributed by atoms with Crippen LogP contribution in [0.15, 0.2) is 0 Å². The Balaban J connectivity index is 2.78. The Labute approximate surface area is 118 Å². The van der Waals surface area contributed by atoms with E-state index in [-0.39, 0.29) is 5.75 Å². The molecule has 19 heavy (non-hydrogen) atoms. The molecule has 0 aromatic heterocycles. The van der Waals surface area contributed by atoms with Crippen LogP contribution < -0.4 is 0 Å². The molecule has 1 aromatic carbocycles. The fraction of sp³-hybridized carbons (Fsp3) is 0.533. The molecule has 2 N–H and O–H groups in total. The summed E-state index contributed by atoms with van der Waals surface area (Å²) in [7, 11) is 0. The molecule has 0 aliphatic heterocycles. The third-order valence-electron chi connectivity index (χ3n) is 4.53. The normalized spacial score (nSPS) is 17.7. The molecule has 3 nitrogen and oxygen atoms in total. The second kappa shape index (κ2) is 4.71. The van der Waals surface area contributed by atoms with Gasteiger partial charge < -0.3 is 10.2 Å². The van der Waals surface area contributed by atoms with Gasteiger partial charge in [-0.15, -0.1) is 0 Å². The van der Waals surface area contributed by atoms with E-state index in [1.807, 2.05) is 6.92 Å². The van der Waals surface area contributed by atoms with Crippen LogP contribution in [0, 0.1) is 20.8 Å². The fourth-order valence-electron chi connectivity index (χ4n) is 3.23. The van der Waals surface area contributed by atoms with Gasteiger partial charge in [-0.2, -0.15) is 0 Å². The van der Waals surface area contributed by atoms with Gasteiger partial charge in [-0.3, -0.25) is 4.79 Å². The summed E-state index contributed by atoms with van der Waals surface area (Å²) in [5.74, 6) is -0.758. The van der Waals surface area contributed by atoms with Crippen LogP contribution in [0.5, 0.6) is 5.75 Å². The topological polar surface area (TPSA) is 57.5 Å². The Hall–Kier alpha value is -1.22. The van der Waals surface area contributed by atoms with E-state index >= 15 is 0 Å². The average molecular weight is 283 g/mol. The number of benzene rings is 1. The largest absolute Gasteiger partial charge is 0.507 e. The van der Waals surface area contributed by atoms with Gasteiger partial charge >= 0.3 is 5.97 Å². The molecular formula is C15H19ClO3. The predicted octanol–water partition coefficient (Wildman–Crippen LogP) is 3.87. The first-order valence-corrected chi connectivity index (χ1v) is 6.93. The Bertz CT molecular complexity index is 514. The van der Waals surface area contributed by atoms with Gasteiger partial charge in [0, 0.05) is 10.6 Å². The lowest BCUT2D eigenvalue weighted by atomic mass is 9.75. The lowest BCUT2D eigenvalue weighted by molar-refractivity contribution is -0.143. The van der Waals surface area contributed by atoms with Crippen LogP contribution in [0.25, 0.3) is 0 Å². The molecule has 1 aliphatic rings. The third-order valence-corrected chi connectivity index (χ3v) is 5.10. The zero-order valence-corrected chi connectivity index (χ0v) is 12.3. The summed E-state index contributed by atoms with van der Waals surface area (Å²) < 4.78 is 0. The molecule has 0 saturated heterocycles. The highest BCUT2D eigenvalue weighted by molar-refractivity contribution is 6.32. The Morgan fingerprint density at radius 3 is 2.11 bits per heavy atom. The summed E-state index contributed by atoms with van der Waals surface area (Å²) in [4.78, 5) is 11.8. The highest BCUT2D eigenvalue weighted by Crippen LogP contribution is 2.49. The number of halogens is 1. The molecule has 0 heterocycles. The number of aliphatic carboxylic acids is 1. The van der Waals surface area contributed by atoms with Gasteiger partial charge in [0.1, 0.15) is 5.75 Å². The molecule has 1 fully saturated rings. The van der Waals surface area contributed by atoms with E-state index in [0.717, 1.165) is 18.4 Å². The highest BCUT2D eigenvalue weighted by Gasteiger charge is 2.46. The van der Waals surface area contributed by atoms with E-state index in [0.29, 0.717) is 34.6 Å². The lowest BCUT2D eigenvalue weighted by Crippen LogP contribution is -2.33. The summed E-state index contributed by atoms with van der Waals surface area (Å²) in [6, 6.07) is 0. The van der Waals surface area contributed by atoms with Crippen LogP contribution in [0.1, 0.15) is 47.9 Å². The summed E-state index contributed by atoms with van der Waals surface area (Å²) in [5.41, 5.74) is 1.74. The number of phenols is 1. The Morgan fingerprint density at radius 1 is 1.11 bits per heavy atom. The van der Waals surface area contributed by atoms with Crippen molar-refractivity contribution in [3.05, 3.63) is 27.3 Å². The summed E-state index contributed by atoms with van der Waals surface area (Å²) in [6.45, 7) is 5.42. The summed E-state index contributed by atoms with van der Waals surface area (Å²) in [5, 5.41) is 20.7. The number of phenolic OH excluding ortho intramolecular Hbond substituents is 1. The average Bonchev–Trinajstić information content (AvgIpc) is 2.85. The molecule has 0 bridgehead atoms. The number of aromatic hydroxyl groups is 1. The van der Waals surface area contributed by atoms with E-state index < -0.39 is 11.4 Å². The number of rotatable bonds is 2. The van der Waals surface area contributed by atoms with Gasteiger partial charge in [-0.05, 0) is 50.3 Å². The minimum absolute atomic E-state index is 0.101. The minimum atomic E-state index is -0.976. The van der Waals surface area contributed by atoms with Crippen molar-refractivity contribution in [1.82, 2.24) is 0 Å². The SMILES string of the molecule is Cc1c(C)c(Cl)c(C)c(C2(C(=O)O)CCCC2)c1O. The standard InChI is InChI=1S/C15H19ClO3/c1-8-9(2)13(17)11(10(3)12(8)16)15(14(18)19)6-4-5-7-15/h17H,4-7H2,1-3H3,(H,18,19). The monoisotopic (exact) mass is 282 g/mol. The van der Waals surface area contributed by atoms with Crippen molar-refractivity contribution < 1.29 is 15.0 Å². The van der Waals surface area contributed by atoms with Crippen molar-refractivity contribution in [2.24, 2.45) is 0 Å². The van der Waals surface area contributed by atoms with Crippen LogP contribution in [-0.2, 0) is 10.2 Å². The van der Waals surface area contributed by atoms with E-state index in [4.69, 9.17) is 11.6 Å². The molecule has 1 aromatic rings. The van der Waals surface area contributed by atoms with Crippen molar-refractivity contribution in [2.75, 3.05) is 0 Å². The van der Waals surface area contributed by atoms with E-state index in [1.165, 1.54) is 0 Å². The molecule has 2 rings (SSSR count). The van der Waals surface area contributed by atoms with Crippen LogP contribution in [0.2, 0.25) is 5.02 Å². The fourth-order valence-corrected chi connectivity index (χ4v) is 3.47. The maximum Gasteiger partial charge on any atom is 0.314 e.